The summed E-state index contributed by atoms with van der Waals surface area (Å²) in [7, 11) is 3.83. The lowest BCUT2D eigenvalue weighted by molar-refractivity contribution is 0.340. The van der Waals surface area contributed by atoms with Gasteiger partial charge in [-0.2, -0.15) is 0 Å². The van der Waals surface area contributed by atoms with Gasteiger partial charge in [-0.3, -0.25) is 0 Å². The summed E-state index contributed by atoms with van der Waals surface area (Å²) in [6.07, 6.45) is 1.73. The van der Waals surface area contributed by atoms with Crippen molar-refractivity contribution in [1.82, 2.24) is 4.90 Å². The van der Waals surface area contributed by atoms with E-state index in [0.717, 1.165) is 5.69 Å². The minimum Gasteiger partial charge on any atom is -0.492 e. The molecule has 5 heteroatoms. The molecular weight excluding hydrogens is 247 g/mol. The van der Waals surface area contributed by atoms with Crippen LogP contribution in [0, 0.1) is 0 Å². The predicted octanol–water partition coefficient (Wildman–Crippen LogP) is 3.38. The Hall–Kier alpha value is -0.930. The Morgan fingerprint density at radius 1 is 1.44 bits per heavy atom. The third kappa shape index (κ3) is 4.73. The van der Waals surface area contributed by atoms with Crippen molar-refractivity contribution in [3.05, 3.63) is 23.2 Å². The molecule has 90 valence electrons. The van der Waals surface area contributed by atoms with Crippen LogP contribution in [0.5, 0.6) is 5.75 Å². The molecule has 0 atom stereocenters. The quantitative estimate of drug-likeness (QED) is 0.614. The maximum absolute atomic E-state index is 6.01. The Balaban J connectivity index is 0.00000225. The van der Waals surface area contributed by atoms with Crippen molar-refractivity contribution in [2.75, 3.05) is 20.7 Å². The third-order valence-electron chi connectivity index (χ3n) is 1.65. The normalized spacial score (nSPS) is 10.0. The first-order valence-corrected chi connectivity index (χ1v) is 5.14. The standard InChI is InChI=1S/C11H15ClN2O.ClH/c1-4-15-11-6-5-9(7-10(11)12)13-8-14(2)3;/h5-8H,4H2,1-3H3;1H. The van der Waals surface area contributed by atoms with Crippen molar-refractivity contribution in [1.29, 1.82) is 0 Å². The van der Waals surface area contributed by atoms with Gasteiger partial charge >= 0.3 is 0 Å². The molecule has 0 amide bonds. The second-order valence-electron chi connectivity index (χ2n) is 3.26. The molecule has 0 aromatic heterocycles. The van der Waals surface area contributed by atoms with Gasteiger partial charge < -0.3 is 9.64 Å². The fourth-order valence-corrected chi connectivity index (χ4v) is 1.25. The summed E-state index contributed by atoms with van der Waals surface area (Å²) in [6.45, 7) is 2.54. The van der Waals surface area contributed by atoms with Gasteiger partial charge in [0.1, 0.15) is 5.75 Å². The van der Waals surface area contributed by atoms with Gasteiger partial charge in [0.2, 0.25) is 0 Å². The molecule has 0 N–H and O–H groups in total. The van der Waals surface area contributed by atoms with Crippen LogP contribution < -0.4 is 4.74 Å². The highest BCUT2D eigenvalue weighted by Gasteiger charge is 2.00. The lowest BCUT2D eigenvalue weighted by atomic mass is 10.3. The lowest BCUT2D eigenvalue weighted by Gasteiger charge is -2.06. The molecule has 1 aromatic carbocycles. The van der Waals surface area contributed by atoms with E-state index in [1.165, 1.54) is 0 Å². The molecule has 0 saturated heterocycles. The Morgan fingerprint density at radius 3 is 2.62 bits per heavy atom. The van der Waals surface area contributed by atoms with Crippen molar-refractivity contribution in [2.24, 2.45) is 4.99 Å². The third-order valence-corrected chi connectivity index (χ3v) is 1.95. The summed E-state index contributed by atoms with van der Waals surface area (Å²) in [5.74, 6) is 0.697. The van der Waals surface area contributed by atoms with Crippen LogP contribution in [0.15, 0.2) is 23.2 Å². The molecule has 0 fully saturated rings. The molecule has 0 aliphatic carbocycles. The van der Waals surface area contributed by atoms with Crippen LogP contribution in [0.4, 0.5) is 5.69 Å². The van der Waals surface area contributed by atoms with Crippen LogP contribution in [-0.2, 0) is 0 Å². The van der Waals surface area contributed by atoms with Crippen molar-refractivity contribution in [3.63, 3.8) is 0 Å². The highest BCUT2D eigenvalue weighted by atomic mass is 35.5. The van der Waals surface area contributed by atoms with E-state index in [0.29, 0.717) is 17.4 Å². The highest BCUT2D eigenvalue weighted by Crippen LogP contribution is 2.28. The molecule has 0 heterocycles. The Morgan fingerprint density at radius 2 is 2.12 bits per heavy atom. The molecule has 3 nitrogen and oxygen atoms in total. The SMILES string of the molecule is CCOc1ccc(N=CN(C)C)cc1Cl.Cl. The van der Waals surface area contributed by atoms with Crippen LogP contribution >= 0.6 is 24.0 Å². The first kappa shape index (κ1) is 15.1. The molecule has 1 rings (SSSR count). The molecule has 1 aromatic rings. The maximum Gasteiger partial charge on any atom is 0.138 e. The fraction of sp³-hybridized carbons (Fsp3) is 0.364. The van der Waals surface area contributed by atoms with Crippen LogP contribution in [0.3, 0.4) is 0 Å². The molecule has 0 aliphatic rings. The summed E-state index contributed by atoms with van der Waals surface area (Å²) in [5, 5.41) is 0.588. The molecule has 0 radical (unpaired) electrons. The van der Waals surface area contributed by atoms with E-state index in [4.69, 9.17) is 16.3 Å². The van der Waals surface area contributed by atoms with E-state index in [1.807, 2.05) is 38.1 Å². The van der Waals surface area contributed by atoms with Gasteiger partial charge in [-0.25, -0.2) is 4.99 Å². The lowest BCUT2D eigenvalue weighted by Crippen LogP contribution is -2.06. The minimum atomic E-state index is 0. The zero-order chi connectivity index (χ0) is 11.3. The first-order valence-electron chi connectivity index (χ1n) is 4.76. The van der Waals surface area contributed by atoms with Gasteiger partial charge in [-0.15, -0.1) is 12.4 Å². The molecule has 0 spiro atoms. The average Bonchev–Trinajstić information content (AvgIpc) is 2.19. The van der Waals surface area contributed by atoms with Crippen LogP contribution in [-0.4, -0.2) is 31.9 Å². The molecular formula is C11H16Cl2N2O. The minimum absolute atomic E-state index is 0. The second-order valence-corrected chi connectivity index (χ2v) is 3.66. The maximum atomic E-state index is 6.01. The van der Waals surface area contributed by atoms with Crippen molar-refractivity contribution >= 4 is 36.0 Å². The molecule has 0 bridgehead atoms. The van der Waals surface area contributed by atoms with Crippen molar-refractivity contribution < 1.29 is 4.74 Å². The Labute approximate surface area is 107 Å². The number of rotatable bonds is 4. The summed E-state index contributed by atoms with van der Waals surface area (Å²) in [6, 6.07) is 5.48. The zero-order valence-corrected chi connectivity index (χ0v) is 11.2. The summed E-state index contributed by atoms with van der Waals surface area (Å²) >= 11 is 6.01. The van der Waals surface area contributed by atoms with E-state index < -0.39 is 0 Å². The number of aliphatic imine (C=N–C) groups is 1. The van der Waals surface area contributed by atoms with Crippen LogP contribution in [0.2, 0.25) is 5.02 Å². The number of ether oxygens (including phenoxy) is 1. The monoisotopic (exact) mass is 262 g/mol. The van der Waals surface area contributed by atoms with E-state index in [9.17, 15) is 0 Å². The van der Waals surface area contributed by atoms with Crippen molar-refractivity contribution in [3.8, 4) is 5.75 Å². The first-order chi connectivity index (χ1) is 7.13. The second kappa shape index (κ2) is 7.36. The number of hydrogen-bond acceptors (Lipinski definition) is 2. The van der Waals surface area contributed by atoms with Gasteiger partial charge in [-0.05, 0) is 25.1 Å². The van der Waals surface area contributed by atoms with Gasteiger partial charge in [0.25, 0.3) is 0 Å². The topological polar surface area (TPSA) is 24.8 Å². The summed E-state index contributed by atoms with van der Waals surface area (Å²) in [4.78, 5) is 6.09. The number of nitrogens with zero attached hydrogens (tertiary/aromatic N) is 2. The highest BCUT2D eigenvalue weighted by molar-refractivity contribution is 6.32. The largest absolute Gasteiger partial charge is 0.492 e. The van der Waals surface area contributed by atoms with E-state index in [2.05, 4.69) is 4.99 Å². The number of benzene rings is 1. The van der Waals surface area contributed by atoms with Crippen LogP contribution in [0.1, 0.15) is 6.92 Å². The average molecular weight is 263 g/mol. The Kier molecular flexibility index (Phi) is 6.93. The van der Waals surface area contributed by atoms with Gasteiger partial charge in [0.15, 0.2) is 0 Å². The zero-order valence-electron chi connectivity index (χ0n) is 9.61. The van der Waals surface area contributed by atoms with Gasteiger partial charge in [-0.1, -0.05) is 11.6 Å². The molecule has 0 saturated carbocycles. The number of halogens is 2. The summed E-state index contributed by atoms with van der Waals surface area (Å²) in [5.41, 5.74) is 0.817. The number of hydrogen-bond donors (Lipinski definition) is 0. The van der Waals surface area contributed by atoms with Gasteiger partial charge in [0, 0.05) is 14.1 Å². The van der Waals surface area contributed by atoms with E-state index in [-0.39, 0.29) is 12.4 Å². The smallest absolute Gasteiger partial charge is 0.138 e. The molecule has 16 heavy (non-hydrogen) atoms. The Bertz CT molecular complexity index is 354. The molecule has 0 aliphatic heterocycles. The van der Waals surface area contributed by atoms with E-state index in [1.54, 1.807) is 12.4 Å². The fourth-order valence-electron chi connectivity index (χ4n) is 1.02. The summed E-state index contributed by atoms with van der Waals surface area (Å²) < 4.78 is 5.32. The van der Waals surface area contributed by atoms with E-state index >= 15 is 0 Å². The van der Waals surface area contributed by atoms with Crippen LogP contribution in [0.25, 0.3) is 0 Å². The van der Waals surface area contributed by atoms with Crippen molar-refractivity contribution in [2.45, 2.75) is 6.92 Å². The predicted molar refractivity (Wildman–Crippen MR) is 71.7 cm³/mol. The van der Waals surface area contributed by atoms with Gasteiger partial charge in [0.05, 0.1) is 23.7 Å². The molecule has 0 unspecified atom stereocenters.